The van der Waals surface area contributed by atoms with E-state index < -0.39 is 0 Å². The molecule has 18 heavy (non-hydrogen) atoms. The number of hydrogen-bond donors (Lipinski definition) is 2. The topological polar surface area (TPSA) is 58.0 Å². The van der Waals surface area contributed by atoms with E-state index in [1.165, 1.54) is 0 Å². The number of aliphatic hydroxyl groups is 1. The van der Waals surface area contributed by atoms with Crippen LogP contribution < -0.4 is 5.32 Å². The zero-order chi connectivity index (χ0) is 13.1. The third-order valence-electron chi connectivity index (χ3n) is 2.47. The smallest absolute Gasteiger partial charge is 0.231 e. The molecule has 2 rings (SSSR count). The highest BCUT2D eigenvalue weighted by atomic mass is 35.5. The molecule has 0 spiro atoms. The molecule has 2 N–H and O–H groups in total. The van der Waals surface area contributed by atoms with Gasteiger partial charge in [-0.05, 0) is 24.1 Å². The molecule has 94 valence electrons. The number of hydrogen-bond acceptors (Lipinski definition) is 4. The molecule has 0 bridgehead atoms. The number of aliphatic hydroxyl groups excluding tert-OH is 1. The molecule has 4 nitrogen and oxygen atoms in total. The molecule has 0 amide bonds. The van der Waals surface area contributed by atoms with Crippen molar-refractivity contribution in [3.05, 3.63) is 52.7 Å². The maximum Gasteiger partial charge on any atom is 0.231 e. The van der Waals surface area contributed by atoms with Crippen LogP contribution in [-0.2, 0) is 0 Å². The van der Waals surface area contributed by atoms with Gasteiger partial charge in [-0.3, -0.25) is 5.32 Å². The highest BCUT2D eigenvalue weighted by Crippen LogP contribution is 2.19. The molecule has 0 aromatic carbocycles. The summed E-state index contributed by atoms with van der Waals surface area (Å²) in [5.74, 6) is 0.550. The molecule has 1 aromatic rings. The van der Waals surface area contributed by atoms with E-state index in [0.717, 1.165) is 5.69 Å². The molecule has 0 aliphatic heterocycles. The van der Waals surface area contributed by atoms with E-state index in [4.69, 9.17) is 11.6 Å². The van der Waals surface area contributed by atoms with Gasteiger partial charge in [0.1, 0.15) is 5.15 Å². The lowest BCUT2D eigenvalue weighted by Crippen LogP contribution is -2.07. The Morgan fingerprint density at radius 2 is 1.94 bits per heavy atom. The Morgan fingerprint density at radius 1 is 1.28 bits per heavy atom. The normalized spacial score (nSPS) is 13.4. The lowest BCUT2D eigenvalue weighted by atomic mass is 10.1. The molecular weight excluding hydrogens is 250 g/mol. The van der Waals surface area contributed by atoms with Crippen LogP contribution in [0.3, 0.4) is 0 Å². The zero-order valence-electron chi connectivity index (χ0n) is 10.2. The molecular formula is C13H14ClN3O. The van der Waals surface area contributed by atoms with Crippen LogP contribution in [-0.4, -0.2) is 15.1 Å². The average molecular weight is 264 g/mol. The SMILES string of the molecule is CC(C)c1cc(Cl)nc(NC(O)=C2C=CC=C2)n1. The number of halogens is 1. The van der Waals surface area contributed by atoms with Gasteiger partial charge < -0.3 is 5.11 Å². The Morgan fingerprint density at radius 3 is 2.56 bits per heavy atom. The Balaban J connectivity index is 2.27. The molecule has 0 atom stereocenters. The van der Waals surface area contributed by atoms with Gasteiger partial charge in [0, 0.05) is 5.57 Å². The summed E-state index contributed by atoms with van der Waals surface area (Å²) in [5.41, 5.74) is 1.51. The Labute approximate surface area is 111 Å². The summed E-state index contributed by atoms with van der Waals surface area (Å²) in [6, 6.07) is 1.72. The second kappa shape index (κ2) is 5.23. The third-order valence-corrected chi connectivity index (χ3v) is 2.67. The largest absolute Gasteiger partial charge is 0.494 e. The maximum absolute atomic E-state index is 9.87. The summed E-state index contributed by atoms with van der Waals surface area (Å²) in [5, 5.41) is 13.0. The van der Waals surface area contributed by atoms with E-state index in [0.29, 0.717) is 16.7 Å². The van der Waals surface area contributed by atoms with Crippen LogP contribution in [0.15, 0.2) is 41.8 Å². The lowest BCUT2D eigenvalue weighted by Gasteiger charge is -2.09. The second-order valence-corrected chi connectivity index (χ2v) is 4.63. The van der Waals surface area contributed by atoms with Crippen molar-refractivity contribution < 1.29 is 5.11 Å². The van der Waals surface area contributed by atoms with Gasteiger partial charge in [0.25, 0.3) is 0 Å². The van der Waals surface area contributed by atoms with Gasteiger partial charge in [0.15, 0.2) is 5.88 Å². The van der Waals surface area contributed by atoms with Crippen LogP contribution in [0.2, 0.25) is 5.15 Å². The van der Waals surface area contributed by atoms with Crippen LogP contribution >= 0.6 is 11.6 Å². The van der Waals surface area contributed by atoms with Crippen molar-refractivity contribution in [3.63, 3.8) is 0 Å². The van der Waals surface area contributed by atoms with Gasteiger partial charge in [-0.2, -0.15) is 0 Å². The van der Waals surface area contributed by atoms with Crippen molar-refractivity contribution in [1.82, 2.24) is 9.97 Å². The predicted molar refractivity (Wildman–Crippen MR) is 72.7 cm³/mol. The van der Waals surface area contributed by atoms with Crippen LogP contribution in [0.5, 0.6) is 0 Å². The van der Waals surface area contributed by atoms with Crippen LogP contribution in [0.25, 0.3) is 0 Å². The monoisotopic (exact) mass is 263 g/mol. The van der Waals surface area contributed by atoms with Crippen LogP contribution in [0.1, 0.15) is 25.5 Å². The van der Waals surface area contributed by atoms with E-state index in [9.17, 15) is 5.11 Å². The lowest BCUT2D eigenvalue weighted by molar-refractivity contribution is 0.415. The van der Waals surface area contributed by atoms with Crippen molar-refractivity contribution in [2.24, 2.45) is 0 Å². The standard InChI is InChI=1S/C13H14ClN3O/c1-8(2)10-7-11(14)16-13(15-10)17-12(18)9-5-3-4-6-9/h3-8,18H,1-2H3,(H,15,16,17). The van der Waals surface area contributed by atoms with Crippen molar-refractivity contribution in [1.29, 1.82) is 0 Å². The summed E-state index contributed by atoms with van der Waals surface area (Å²) < 4.78 is 0. The van der Waals surface area contributed by atoms with E-state index in [1.807, 2.05) is 26.0 Å². The quantitative estimate of drug-likeness (QED) is 0.647. The van der Waals surface area contributed by atoms with Gasteiger partial charge in [0.05, 0.1) is 5.69 Å². The van der Waals surface area contributed by atoms with Crippen molar-refractivity contribution in [3.8, 4) is 0 Å². The number of aromatic nitrogens is 2. The molecule has 1 aromatic heterocycles. The zero-order valence-corrected chi connectivity index (χ0v) is 10.9. The first kappa shape index (κ1) is 12.6. The molecule has 0 saturated carbocycles. The van der Waals surface area contributed by atoms with E-state index >= 15 is 0 Å². The van der Waals surface area contributed by atoms with E-state index in [-0.39, 0.29) is 11.8 Å². The summed E-state index contributed by atoms with van der Waals surface area (Å²) in [6.07, 6.45) is 7.25. The highest BCUT2D eigenvalue weighted by Gasteiger charge is 2.09. The number of rotatable bonds is 3. The van der Waals surface area contributed by atoms with Gasteiger partial charge in [-0.15, -0.1) is 0 Å². The Kier molecular flexibility index (Phi) is 3.67. The predicted octanol–water partition coefficient (Wildman–Crippen LogP) is 3.56. The van der Waals surface area contributed by atoms with E-state index in [2.05, 4.69) is 15.3 Å². The molecule has 1 aliphatic rings. The van der Waals surface area contributed by atoms with Crippen LogP contribution in [0.4, 0.5) is 5.95 Å². The average Bonchev–Trinajstić information content (AvgIpc) is 2.81. The summed E-state index contributed by atoms with van der Waals surface area (Å²) in [6.45, 7) is 4.03. The minimum Gasteiger partial charge on any atom is -0.494 e. The molecule has 1 heterocycles. The minimum atomic E-state index is 0.0111. The second-order valence-electron chi connectivity index (χ2n) is 4.24. The van der Waals surface area contributed by atoms with Crippen molar-refractivity contribution in [2.75, 3.05) is 5.32 Å². The Bertz CT molecular complexity index is 533. The first-order valence-electron chi connectivity index (χ1n) is 5.66. The van der Waals surface area contributed by atoms with Gasteiger partial charge in [-0.25, -0.2) is 9.97 Å². The Hall–Kier alpha value is -1.81. The molecule has 0 fully saturated rings. The van der Waals surface area contributed by atoms with Crippen LogP contribution in [0, 0.1) is 0 Å². The first-order chi connectivity index (χ1) is 8.56. The fraction of sp³-hybridized carbons (Fsp3) is 0.231. The van der Waals surface area contributed by atoms with Crippen molar-refractivity contribution in [2.45, 2.75) is 19.8 Å². The van der Waals surface area contributed by atoms with Gasteiger partial charge in [0.2, 0.25) is 5.95 Å². The first-order valence-corrected chi connectivity index (χ1v) is 6.03. The fourth-order valence-electron chi connectivity index (χ4n) is 1.50. The van der Waals surface area contributed by atoms with Crippen molar-refractivity contribution >= 4 is 17.5 Å². The molecule has 0 radical (unpaired) electrons. The van der Waals surface area contributed by atoms with E-state index in [1.54, 1.807) is 18.2 Å². The summed E-state index contributed by atoms with van der Waals surface area (Å²) in [4.78, 5) is 8.32. The summed E-state index contributed by atoms with van der Waals surface area (Å²) >= 11 is 5.92. The maximum atomic E-state index is 9.87. The number of anilines is 1. The number of nitrogens with zero attached hydrogens (tertiary/aromatic N) is 2. The molecule has 1 aliphatic carbocycles. The highest BCUT2D eigenvalue weighted by molar-refractivity contribution is 6.29. The molecule has 5 heteroatoms. The van der Waals surface area contributed by atoms with Gasteiger partial charge >= 0.3 is 0 Å². The molecule has 0 unspecified atom stereocenters. The fourth-order valence-corrected chi connectivity index (χ4v) is 1.69. The molecule has 0 saturated heterocycles. The third kappa shape index (κ3) is 2.90. The minimum absolute atomic E-state index is 0.0111. The summed E-state index contributed by atoms with van der Waals surface area (Å²) in [7, 11) is 0. The van der Waals surface area contributed by atoms with Gasteiger partial charge in [-0.1, -0.05) is 37.6 Å². The number of allylic oxidation sites excluding steroid dienone is 5. The number of nitrogens with one attached hydrogen (secondary N) is 1.